The second-order valence-corrected chi connectivity index (χ2v) is 5.14. The van der Waals surface area contributed by atoms with Crippen molar-refractivity contribution < 1.29 is 0 Å². The van der Waals surface area contributed by atoms with Gasteiger partial charge in [0.25, 0.3) is 0 Å². The minimum absolute atomic E-state index is 0.440. The van der Waals surface area contributed by atoms with Gasteiger partial charge in [-0.15, -0.1) is 11.8 Å². The molecule has 0 aromatic carbocycles. The van der Waals surface area contributed by atoms with Crippen LogP contribution in [-0.4, -0.2) is 16.3 Å². The van der Waals surface area contributed by atoms with Crippen LogP contribution < -0.4 is 5.73 Å². The Morgan fingerprint density at radius 3 is 2.64 bits per heavy atom. The Bertz CT molecular complexity index is 268. The third-order valence-electron chi connectivity index (χ3n) is 2.64. The van der Waals surface area contributed by atoms with Gasteiger partial charge < -0.3 is 5.73 Å². The number of rotatable bonds is 2. The molecule has 1 aromatic heterocycles. The average molecular weight is 208 g/mol. The van der Waals surface area contributed by atoms with Gasteiger partial charge in [-0.05, 0) is 37.8 Å². The van der Waals surface area contributed by atoms with Crippen LogP contribution in [0.3, 0.4) is 0 Å². The molecule has 3 heteroatoms. The molecule has 0 amide bonds. The molecule has 14 heavy (non-hydrogen) atoms. The zero-order valence-corrected chi connectivity index (χ0v) is 9.04. The van der Waals surface area contributed by atoms with Crippen molar-refractivity contribution >= 4 is 11.8 Å². The largest absolute Gasteiger partial charge is 0.328 e. The third-order valence-corrected chi connectivity index (χ3v) is 3.93. The predicted octanol–water partition coefficient (Wildman–Crippen LogP) is 2.44. The van der Waals surface area contributed by atoms with Gasteiger partial charge in [0.1, 0.15) is 0 Å². The first kappa shape index (κ1) is 9.99. The van der Waals surface area contributed by atoms with Gasteiger partial charge >= 0.3 is 0 Å². The van der Waals surface area contributed by atoms with E-state index >= 15 is 0 Å². The van der Waals surface area contributed by atoms with Crippen LogP contribution in [0.2, 0.25) is 0 Å². The highest BCUT2D eigenvalue weighted by Crippen LogP contribution is 2.31. The zero-order valence-electron chi connectivity index (χ0n) is 8.23. The maximum atomic E-state index is 5.87. The van der Waals surface area contributed by atoms with Gasteiger partial charge in [-0.2, -0.15) is 0 Å². The molecule has 0 bridgehead atoms. The van der Waals surface area contributed by atoms with Crippen LogP contribution in [0.1, 0.15) is 25.7 Å². The molecule has 1 heterocycles. The van der Waals surface area contributed by atoms with Crippen LogP contribution in [0.15, 0.2) is 29.4 Å². The Kier molecular flexibility index (Phi) is 3.43. The standard InChI is InChI=1S/C11H16N2S/c12-9-4-6-10(7-5-9)14-11-3-1-2-8-13-11/h1-3,8-10H,4-7,12H2. The van der Waals surface area contributed by atoms with Crippen LogP contribution >= 0.6 is 11.8 Å². The average Bonchev–Trinajstić information content (AvgIpc) is 2.23. The molecule has 0 aliphatic heterocycles. The van der Waals surface area contributed by atoms with E-state index in [1.165, 1.54) is 25.7 Å². The van der Waals surface area contributed by atoms with Gasteiger partial charge in [0.15, 0.2) is 0 Å². The molecule has 0 saturated heterocycles. The Labute approximate surface area is 89.3 Å². The lowest BCUT2D eigenvalue weighted by Gasteiger charge is -2.25. The number of nitrogens with zero attached hydrogens (tertiary/aromatic N) is 1. The lowest BCUT2D eigenvalue weighted by Crippen LogP contribution is -2.27. The van der Waals surface area contributed by atoms with Crippen LogP contribution in [-0.2, 0) is 0 Å². The number of thioether (sulfide) groups is 1. The molecule has 2 nitrogen and oxygen atoms in total. The summed E-state index contributed by atoms with van der Waals surface area (Å²) < 4.78 is 0. The highest BCUT2D eigenvalue weighted by atomic mass is 32.2. The molecule has 1 aliphatic carbocycles. The predicted molar refractivity (Wildman–Crippen MR) is 60.3 cm³/mol. The van der Waals surface area contributed by atoms with E-state index in [1.807, 2.05) is 30.1 Å². The van der Waals surface area contributed by atoms with Crippen molar-refractivity contribution in [3.63, 3.8) is 0 Å². The van der Waals surface area contributed by atoms with Crippen molar-refractivity contribution in [2.45, 2.75) is 42.0 Å². The number of hydrogen-bond acceptors (Lipinski definition) is 3. The Morgan fingerprint density at radius 2 is 2.00 bits per heavy atom. The Balaban J connectivity index is 1.87. The molecule has 1 saturated carbocycles. The fourth-order valence-corrected chi connectivity index (χ4v) is 2.92. The van der Waals surface area contributed by atoms with E-state index in [0.717, 1.165) is 10.3 Å². The summed E-state index contributed by atoms with van der Waals surface area (Å²) in [7, 11) is 0. The van der Waals surface area contributed by atoms with Gasteiger partial charge in [0, 0.05) is 17.5 Å². The summed E-state index contributed by atoms with van der Waals surface area (Å²) in [6.45, 7) is 0. The maximum absolute atomic E-state index is 5.87. The molecule has 2 rings (SSSR count). The van der Waals surface area contributed by atoms with Gasteiger partial charge in [-0.1, -0.05) is 6.07 Å². The van der Waals surface area contributed by atoms with E-state index in [2.05, 4.69) is 11.1 Å². The first-order valence-electron chi connectivity index (χ1n) is 5.18. The topological polar surface area (TPSA) is 38.9 Å². The first-order valence-corrected chi connectivity index (χ1v) is 6.06. The summed E-state index contributed by atoms with van der Waals surface area (Å²) >= 11 is 1.90. The molecule has 2 N–H and O–H groups in total. The van der Waals surface area contributed by atoms with E-state index in [1.54, 1.807) is 0 Å². The molecular weight excluding hydrogens is 192 g/mol. The van der Waals surface area contributed by atoms with Crippen molar-refractivity contribution in [3.8, 4) is 0 Å². The minimum Gasteiger partial charge on any atom is -0.328 e. The molecule has 1 fully saturated rings. The summed E-state index contributed by atoms with van der Waals surface area (Å²) in [6, 6.07) is 6.53. The molecular formula is C11H16N2S. The third kappa shape index (κ3) is 2.72. The van der Waals surface area contributed by atoms with Gasteiger partial charge in [0.05, 0.1) is 5.03 Å². The van der Waals surface area contributed by atoms with Crippen LogP contribution in [0.5, 0.6) is 0 Å². The van der Waals surface area contributed by atoms with Gasteiger partial charge in [-0.25, -0.2) is 4.98 Å². The second-order valence-electron chi connectivity index (χ2n) is 3.82. The second kappa shape index (κ2) is 4.80. The zero-order chi connectivity index (χ0) is 9.80. The Hall–Kier alpha value is -0.540. The molecule has 76 valence electrons. The first-order chi connectivity index (χ1) is 6.84. The number of nitrogens with two attached hydrogens (primary N) is 1. The van der Waals surface area contributed by atoms with E-state index in [-0.39, 0.29) is 0 Å². The van der Waals surface area contributed by atoms with Crippen molar-refractivity contribution in [1.29, 1.82) is 0 Å². The molecule has 0 atom stereocenters. The fraction of sp³-hybridized carbons (Fsp3) is 0.545. The van der Waals surface area contributed by atoms with Crippen molar-refractivity contribution in [2.24, 2.45) is 5.73 Å². The smallest absolute Gasteiger partial charge is 0.0962 e. The molecule has 0 unspecified atom stereocenters. The van der Waals surface area contributed by atoms with Crippen LogP contribution in [0, 0.1) is 0 Å². The lowest BCUT2D eigenvalue weighted by molar-refractivity contribution is 0.450. The highest BCUT2D eigenvalue weighted by molar-refractivity contribution is 7.99. The summed E-state index contributed by atoms with van der Waals surface area (Å²) in [6.07, 6.45) is 6.68. The van der Waals surface area contributed by atoms with Crippen LogP contribution in [0.4, 0.5) is 0 Å². The number of pyridine rings is 1. The minimum atomic E-state index is 0.440. The van der Waals surface area contributed by atoms with E-state index in [0.29, 0.717) is 6.04 Å². The molecule has 1 aromatic rings. The van der Waals surface area contributed by atoms with E-state index in [9.17, 15) is 0 Å². The van der Waals surface area contributed by atoms with Crippen molar-refractivity contribution in [2.75, 3.05) is 0 Å². The SMILES string of the molecule is NC1CCC(Sc2ccccn2)CC1. The maximum Gasteiger partial charge on any atom is 0.0962 e. The lowest BCUT2D eigenvalue weighted by atomic mass is 9.96. The van der Waals surface area contributed by atoms with Gasteiger partial charge in [0.2, 0.25) is 0 Å². The summed E-state index contributed by atoms with van der Waals surface area (Å²) in [5.74, 6) is 0. The fourth-order valence-electron chi connectivity index (χ4n) is 1.79. The van der Waals surface area contributed by atoms with Crippen molar-refractivity contribution in [1.82, 2.24) is 4.98 Å². The Morgan fingerprint density at radius 1 is 1.21 bits per heavy atom. The van der Waals surface area contributed by atoms with E-state index in [4.69, 9.17) is 5.73 Å². The highest BCUT2D eigenvalue weighted by Gasteiger charge is 2.19. The molecule has 1 aliphatic rings. The monoisotopic (exact) mass is 208 g/mol. The molecule has 0 radical (unpaired) electrons. The van der Waals surface area contributed by atoms with Gasteiger partial charge in [-0.3, -0.25) is 0 Å². The number of aromatic nitrogens is 1. The number of hydrogen-bond donors (Lipinski definition) is 1. The van der Waals surface area contributed by atoms with E-state index < -0.39 is 0 Å². The summed E-state index contributed by atoms with van der Waals surface area (Å²) in [4.78, 5) is 4.32. The normalized spacial score (nSPS) is 27.5. The summed E-state index contributed by atoms with van der Waals surface area (Å²) in [5.41, 5.74) is 5.87. The van der Waals surface area contributed by atoms with Crippen molar-refractivity contribution in [3.05, 3.63) is 24.4 Å². The molecule has 0 spiro atoms. The quantitative estimate of drug-likeness (QED) is 0.811. The van der Waals surface area contributed by atoms with Crippen LogP contribution in [0.25, 0.3) is 0 Å². The summed E-state index contributed by atoms with van der Waals surface area (Å²) in [5, 5.41) is 1.87.